The van der Waals surface area contributed by atoms with Crippen molar-refractivity contribution in [2.75, 3.05) is 6.61 Å². The van der Waals surface area contributed by atoms with E-state index in [0.29, 0.717) is 0 Å². The van der Waals surface area contributed by atoms with Gasteiger partial charge in [-0.25, -0.2) is 0 Å². The molecule has 1 radical (unpaired) electrons. The van der Waals surface area contributed by atoms with Crippen LogP contribution in [-0.4, -0.2) is 31.9 Å². The summed E-state index contributed by atoms with van der Waals surface area (Å²) in [6, 6.07) is 0. The van der Waals surface area contributed by atoms with E-state index in [4.69, 9.17) is 4.74 Å². The second kappa shape index (κ2) is 4.56. The molecule has 2 heteroatoms. The number of hydrogen-bond donors (Lipinski definition) is 0. The Morgan fingerprint density at radius 3 is 3.00 bits per heavy atom. The first-order chi connectivity index (χ1) is 4.43. The van der Waals surface area contributed by atoms with Gasteiger partial charge in [-0.15, -0.1) is 0 Å². The van der Waals surface area contributed by atoms with E-state index in [-0.39, 0.29) is 21.1 Å². The average molecular weight is 234 g/mol. The van der Waals surface area contributed by atoms with Crippen LogP contribution in [0.25, 0.3) is 0 Å². The molecule has 53 valence electrons. The molecule has 1 nitrogen and oxygen atoms in total. The van der Waals surface area contributed by atoms with Crippen molar-refractivity contribution < 1.29 is 4.74 Å². The van der Waals surface area contributed by atoms with Gasteiger partial charge in [0.05, 0.1) is 0 Å². The van der Waals surface area contributed by atoms with E-state index in [0.717, 1.165) is 10.7 Å². The summed E-state index contributed by atoms with van der Waals surface area (Å²) in [4.78, 5) is 0. The molecule has 1 unspecified atom stereocenters. The van der Waals surface area contributed by atoms with E-state index in [2.05, 4.69) is 6.92 Å². The van der Waals surface area contributed by atoms with Crippen molar-refractivity contribution in [1.82, 2.24) is 0 Å². The molecular formula is C7H15OSn. The number of rotatable bonds is 2. The van der Waals surface area contributed by atoms with Crippen molar-refractivity contribution in [3.05, 3.63) is 0 Å². The Morgan fingerprint density at radius 2 is 2.44 bits per heavy atom. The van der Waals surface area contributed by atoms with Gasteiger partial charge in [0, 0.05) is 0 Å². The molecule has 0 aromatic carbocycles. The fraction of sp³-hybridized carbons (Fsp3) is 1.00. The summed E-state index contributed by atoms with van der Waals surface area (Å²) in [5.74, 6) is 0. The maximum atomic E-state index is 5.60. The first-order valence-electron chi connectivity index (χ1n) is 3.88. The molecule has 0 amide bonds. The van der Waals surface area contributed by atoms with Crippen molar-refractivity contribution in [2.24, 2.45) is 0 Å². The summed E-state index contributed by atoms with van der Waals surface area (Å²) in [5, 5.41) is 0. The van der Waals surface area contributed by atoms with Crippen molar-refractivity contribution in [3.63, 3.8) is 0 Å². The van der Waals surface area contributed by atoms with Gasteiger partial charge in [-0.2, -0.15) is 0 Å². The molecule has 1 fully saturated rings. The van der Waals surface area contributed by atoms with Gasteiger partial charge in [0.15, 0.2) is 0 Å². The average Bonchev–Trinajstić information content (AvgIpc) is 1.91. The van der Waals surface area contributed by atoms with Crippen LogP contribution >= 0.6 is 0 Å². The van der Waals surface area contributed by atoms with Crippen LogP contribution in [0.2, 0.25) is 4.44 Å². The van der Waals surface area contributed by atoms with E-state index in [9.17, 15) is 0 Å². The van der Waals surface area contributed by atoms with Gasteiger partial charge in [0.2, 0.25) is 0 Å². The van der Waals surface area contributed by atoms with Crippen LogP contribution < -0.4 is 0 Å². The first-order valence-corrected chi connectivity index (χ1v) is 8.11. The maximum absolute atomic E-state index is 5.60. The Morgan fingerprint density at radius 1 is 1.56 bits per heavy atom. The molecule has 1 atom stereocenters. The predicted octanol–water partition coefficient (Wildman–Crippen LogP) is 1.39. The third-order valence-corrected chi connectivity index (χ3v) is 6.06. The summed E-state index contributed by atoms with van der Waals surface area (Å²) in [7, 11) is 0. The van der Waals surface area contributed by atoms with Gasteiger partial charge < -0.3 is 0 Å². The van der Waals surface area contributed by atoms with Crippen LogP contribution in [0.1, 0.15) is 26.2 Å². The van der Waals surface area contributed by atoms with Crippen molar-refractivity contribution >= 4 is 21.1 Å². The number of ether oxygens (including phenoxy) is 1. The molecule has 1 rings (SSSR count). The Kier molecular flexibility index (Phi) is 3.98. The first kappa shape index (κ1) is 7.86. The molecule has 0 bridgehead atoms. The van der Waals surface area contributed by atoms with Crippen LogP contribution in [0.5, 0.6) is 0 Å². The number of hydrogen-bond acceptors (Lipinski definition) is 1. The molecule has 1 aliphatic heterocycles. The Hall–Kier alpha value is 0.759. The molecule has 1 aliphatic rings. The van der Waals surface area contributed by atoms with Gasteiger partial charge in [-0.3, -0.25) is 0 Å². The summed E-state index contributed by atoms with van der Waals surface area (Å²) in [6.45, 7) is 3.36. The molecule has 1 heterocycles. The van der Waals surface area contributed by atoms with Gasteiger partial charge in [-0.05, 0) is 0 Å². The molecule has 0 N–H and O–H groups in total. The Bertz CT molecular complexity index is 66.6. The predicted molar refractivity (Wildman–Crippen MR) is 41.2 cm³/mol. The minimum atomic E-state index is -0.255. The zero-order chi connectivity index (χ0) is 6.53. The molecule has 0 saturated carbocycles. The second-order valence-electron chi connectivity index (χ2n) is 2.55. The standard InChI is InChI=1S/C5H9O.C2H5.Sn.H/c1-2-4-6-5-3-1;1-2;;/h4H,1-3,5H2;1H2,2H3;;. The van der Waals surface area contributed by atoms with Gasteiger partial charge in [0.1, 0.15) is 0 Å². The Labute approximate surface area is 67.4 Å². The quantitative estimate of drug-likeness (QED) is 0.656. The fourth-order valence-electron chi connectivity index (χ4n) is 1.21. The second-order valence-corrected chi connectivity index (χ2v) is 8.35. The monoisotopic (exact) mass is 235 g/mol. The topological polar surface area (TPSA) is 9.23 Å². The van der Waals surface area contributed by atoms with E-state index >= 15 is 0 Å². The van der Waals surface area contributed by atoms with Gasteiger partial charge in [0.25, 0.3) is 0 Å². The van der Waals surface area contributed by atoms with Crippen molar-refractivity contribution in [3.8, 4) is 0 Å². The Balaban J connectivity index is 2.08. The van der Waals surface area contributed by atoms with E-state index in [1.807, 2.05) is 0 Å². The van der Waals surface area contributed by atoms with Crippen LogP contribution in [0, 0.1) is 0 Å². The molecular weight excluding hydrogens is 219 g/mol. The molecule has 0 aromatic heterocycles. The van der Waals surface area contributed by atoms with E-state index in [1.54, 1.807) is 0 Å². The third-order valence-electron chi connectivity index (χ3n) is 1.71. The van der Waals surface area contributed by atoms with Crippen LogP contribution in [0.4, 0.5) is 0 Å². The van der Waals surface area contributed by atoms with Gasteiger partial charge >= 0.3 is 67.2 Å². The zero-order valence-corrected chi connectivity index (χ0v) is 9.39. The van der Waals surface area contributed by atoms with Crippen molar-refractivity contribution in [1.29, 1.82) is 0 Å². The van der Waals surface area contributed by atoms with E-state index in [1.165, 1.54) is 23.7 Å². The molecule has 0 aromatic rings. The van der Waals surface area contributed by atoms with Gasteiger partial charge in [-0.1, -0.05) is 0 Å². The summed E-state index contributed by atoms with van der Waals surface area (Å²) >= 11 is -0.255. The molecule has 1 saturated heterocycles. The van der Waals surface area contributed by atoms with Crippen LogP contribution in [0.15, 0.2) is 0 Å². The summed E-state index contributed by atoms with van der Waals surface area (Å²) < 4.78 is 7.85. The van der Waals surface area contributed by atoms with Crippen LogP contribution in [-0.2, 0) is 4.74 Å². The normalized spacial score (nSPS) is 28.3. The van der Waals surface area contributed by atoms with Crippen LogP contribution in [0.3, 0.4) is 0 Å². The minimum absolute atomic E-state index is 0.255. The molecule has 0 spiro atoms. The van der Waals surface area contributed by atoms with Crippen molar-refractivity contribution in [2.45, 2.75) is 34.7 Å². The molecule has 9 heavy (non-hydrogen) atoms. The zero-order valence-electron chi connectivity index (χ0n) is 6.10. The summed E-state index contributed by atoms with van der Waals surface area (Å²) in [6.07, 6.45) is 4.12. The van der Waals surface area contributed by atoms with E-state index < -0.39 is 0 Å². The molecule has 0 aliphatic carbocycles. The third kappa shape index (κ3) is 2.89. The SMILES string of the molecule is C[CH2][SnH][CH]1CCCCO1. The fourth-order valence-corrected chi connectivity index (χ4v) is 4.84. The summed E-state index contributed by atoms with van der Waals surface area (Å²) in [5.41, 5.74) is 0.